The Balaban J connectivity index is 2.25. The number of amidine groups is 1. The minimum atomic E-state index is -0.235. The lowest BCUT2D eigenvalue weighted by Crippen LogP contribution is -2.28. The van der Waals surface area contributed by atoms with Gasteiger partial charge in [0.2, 0.25) is 0 Å². The first kappa shape index (κ1) is 7.60. The lowest BCUT2D eigenvalue weighted by Gasteiger charge is -2.12. The molecule has 2 aliphatic rings. The molecule has 1 fully saturated rings. The molecule has 0 aromatic heterocycles. The van der Waals surface area contributed by atoms with E-state index in [0.717, 1.165) is 31.6 Å². The van der Waals surface area contributed by atoms with E-state index in [1.54, 1.807) is 0 Å². The molecule has 2 atom stereocenters. The van der Waals surface area contributed by atoms with Crippen molar-refractivity contribution < 1.29 is 0 Å². The topological polar surface area (TPSA) is 48.2 Å². The molecule has 3 nitrogen and oxygen atoms in total. The number of aliphatic imine (C=N–C) groups is 1. The summed E-state index contributed by atoms with van der Waals surface area (Å²) in [6, 6.07) is 2.89. The number of rotatable bonds is 1. The van der Waals surface area contributed by atoms with Gasteiger partial charge in [-0.2, -0.15) is 5.26 Å². The minimum absolute atomic E-state index is 0.235. The minimum Gasteiger partial charge on any atom is -0.370 e. The third-order valence-corrected chi connectivity index (χ3v) is 2.90. The summed E-state index contributed by atoms with van der Waals surface area (Å²) in [6.07, 6.45) is 2.96. The maximum atomic E-state index is 9.07. The summed E-state index contributed by atoms with van der Waals surface area (Å²) in [5, 5.41) is 12.4. The average Bonchev–Trinajstić information content (AvgIpc) is 2.58. The largest absolute Gasteiger partial charge is 0.370 e. The van der Waals surface area contributed by atoms with Crippen LogP contribution >= 0.6 is 0 Å². The molecule has 2 rings (SSSR count). The van der Waals surface area contributed by atoms with Crippen molar-refractivity contribution >= 4 is 5.84 Å². The normalized spacial score (nSPS) is 38.3. The van der Waals surface area contributed by atoms with Crippen LogP contribution in [0.15, 0.2) is 4.99 Å². The maximum absolute atomic E-state index is 9.07. The van der Waals surface area contributed by atoms with Crippen LogP contribution in [-0.4, -0.2) is 18.4 Å². The molecule has 0 spiro atoms. The van der Waals surface area contributed by atoms with Gasteiger partial charge in [-0.15, -0.1) is 0 Å². The lowest BCUT2D eigenvalue weighted by atomic mass is 9.84. The maximum Gasteiger partial charge on any atom is 0.118 e. The Morgan fingerprint density at radius 3 is 3.25 bits per heavy atom. The summed E-state index contributed by atoms with van der Waals surface area (Å²) >= 11 is 0. The van der Waals surface area contributed by atoms with Gasteiger partial charge in [-0.3, -0.25) is 4.99 Å². The molecule has 0 radical (unpaired) electrons. The second kappa shape index (κ2) is 2.48. The summed E-state index contributed by atoms with van der Waals surface area (Å²) in [7, 11) is 0. The zero-order valence-electron chi connectivity index (χ0n) is 7.30. The third kappa shape index (κ3) is 0.842. The first-order valence-corrected chi connectivity index (χ1v) is 4.53. The number of hydrogen-bond acceptors (Lipinski definition) is 3. The SMILES string of the molecule is CC[C@H]1C[C@@]2(C#N)CCN=C2N1. The number of nitrogens with zero attached hydrogens (tertiary/aromatic N) is 2. The van der Waals surface area contributed by atoms with E-state index in [9.17, 15) is 0 Å². The fourth-order valence-corrected chi connectivity index (χ4v) is 2.08. The summed E-state index contributed by atoms with van der Waals surface area (Å²) in [6.45, 7) is 2.97. The highest BCUT2D eigenvalue weighted by Crippen LogP contribution is 2.38. The van der Waals surface area contributed by atoms with E-state index >= 15 is 0 Å². The number of hydrogen-bond donors (Lipinski definition) is 1. The van der Waals surface area contributed by atoms with Crippen molar-refractivity contribution in [3.8, 4) is 6.07 Å². The Morgan fingerprint density at radius 1 is 1.83 bits per heavy atom. The second-order valence-electron chi connectivity index (χ2n) is 3.63. The van der Waals surface area contributed by atoms with Gasteiger partial charge in [-0.05, 0) is 19.3 Å². The molecule has 1 saturated heterocycles. The highest BCUT2D eigenvalue weighted by atomic mass is 15.1. The van der Waals surface area contributed by atoms with E-state index < -0.39 is 0 Å². The molecule has 0 aliphatic carbocycles. The Kier molecular flexibility index (Phi) is 1.57. The van der Waals surface area contributed by atoms with Crippen LogP contribution in [0.3, 0.4) is 0 Å². The first-order valence-electron chi connectivity index (χ1n) is 4.53. The van der Waals surface area contributed by atoms with Crippen LogP contribution in [0.5, 0.6) is 0 Å². The van der Waals surface area contributed by atoms with Crippen molar-refractivity contribution in [3.63, 3.8) is 0 Å². The van der Waals surface area contributed by atoms with Gasteiger partial charge in [-0.1, -0.05) is 6.92 Å². The molecule has 0 amide bonds. The molecule has 0 aromatic rings. The predicted octanol–water partition coefficient (Wildman–Crippen LogP) is 1.07. The Hall–Kier alpha value is -1.04. The molecular formula is C9H13N3. The van der Waals surface area contributed by atoms with Crippen molar-refractivity contribution in [3.05, 3.63) is 0 Å². The van der Waals surface area contributed by atoms with Crippen LogP contribution in [0, 0.1) is 16.7 Å². The van der Waals surface area contributed by atoms with E-state index in [1.807, 2.05) is 0 Å². The van der Waals surface area contributed by atoms with E-state index in [1.165, 1.54) is 0 Å². The third-order valence-electron chi connectivity index (χ3n) is 2.90. The van der Waals surface area contributed by atoms with Crippen LogP contribution in [-0.2, 0) is 0 Å². The van der Waals surface area contributed by atoms with Crippen molar-refractivity contribution in [2.75, 3.05) is 6.54 Å². The summed E-state index contributed by atoms with van der Waals surface area (Å²) in [5.41, 5.74) is -0.235. The van der Waals surface area contributed by atoms with Crippen molar-refractivity contribution in [1.82, 2.24) is 5.32 Å². The van der Waals surface area contributed by atoms with Gasteiger partial charge in [-0.25, -0.2) is 0 Å². The zero-order valence-corrected chi connectivity index (χ0v) is 7.30. The lowest BCUT2D eigenvalue weighted by molar-refractivity contribution is 0.467. The molecule has 0 bridgehead atoms. The molecule has 2 heterocycles. The quantitative estimate of drug-likeness (QED) is 0.628. The number of fused-ring (bicyclic) bond motifs is 1. The van der Waals surface area contributed by atoms with E-state index in [2.05, 4.69) is 23.3 Å². The molecule has 0 aromatic carbocycles. The molecule has 64 valence electrons. The highest BCUT2D eigenvalue weighted by molar-refractivity contribution is 5.94. The zero-order chi connectivity index (χ0) is 8.60. The van der Waals surface area contributed by atoms with Gasteiger partial charge < -0.3 is 5.32 Å². The smallest absolute Gasteiger partial charge is 0.118 e. The van der Waals surface area contributed by atoms with Crippen molar-refractivity contribution in [2.24, 2.45) is 10.4 Å². The van der Waals surface area contributed by atoms with Crippen LogP contribution in [0.4, 0.5) is 0 Å². The fraction of sp³-hybridized carbons (Fsp3) is 0.778. The van der Waals surface area contributed by atoms with Gasteiger partial charge in [0.15, 0.2) is 0 Å². The molecule has 3 heteroatoms. The van der Waals surface area contributed by atoms with E-state index in [0.29, 0.717) is 6.04 Å². The van der Waals surface area contributed by atoms with Crippen LogP contribution < -0.4 is 5.32 Å². The number of nitriles is 1. The van der Waals surface area contributed by atoms with Gasteiger partial charge in [0.25, 0.3) is 0 Å². The second-order valence-corrected chi connectivity index (χ2v) is 3.63. The average molecular weight is 163 g/mol. The fourth-order valence-electron chi connectivity index (χ4n) is 2.08. The van der Waals surface area contributed by atoms with Crippen molar-refractivity contribution in [1.29, 1.82) is 5.26 Å². The summed E-state index contributed by atoms with van der Waals surface area (Å²) in [5.74, 6) is 0.955. The van der Waals surface area contributed by atoms with Gasteiger partial charge in [0.05, 0.1) is 6.07 Å². The first-order chi connectivity index (χ1) is 5.80. The van der Waals surface area contributed by atoms with Crippen molar-refractivity contribution in [2.45, 2.75) is 32.2 Å². The molecule has 0 saturated carbocycles. The summed E-state index contributed by atoms with van der Waals surface area (Å²) in [4.78, 5) is 4.32. The molecule has 2 aliphatic heterocycles. The molecule has 0 unspecified atom stereocenters. The molecule has 12 heavy (non-hydrogen) atoms. The monoisotopic (exact) mass is 163 g/mol. The van der Waals surface area contributed by atoms with E-state index in [4.69, 9.17) is 5.26 Å². The van der Waals surface area contributed by atoms with E-state index in [-0.39, 0.29) is 5.41 Å². The Labute approximate surface area is 72.5 Å². The van der Waals surface area contributed by atoms with Crippen LogP contribution in [0.2, 0.25) is 0 Å². The molecular weight excluding hydrogens is 150 g/mol. The molecule has 1 N–H and O–H groups in total. The standard InChI is InChI=1S/C9H13N3/c1-2-7-5-9(6-10)3-4-11-8(9)12-7/h7H,2-5H2,1H3,(H,11,12)/t7-,9+/m0/s1. The van der Waals surface area contributed by atoms with Crippen LogP contribution in [0.25, 0.3) is 0 Å². The van der Waals surface area contributed by atoms with Crippen LogP contribution in [0.1, 0.15) is 26.2 Å². The Morgan fingerprint density at radius 2 is 2.67 bits per heavy atom. The van der Waals surface area contributed by atoms with Gasteiger partial charge in [0, 0.05) is 12.6 Å². The van der Waals surface area contributed by atoms with Gasteiger partial charge in [0.1, 0.15) is 11.3 Å². The highest BCUT2D eigenvalue weighted by Gasteiger charge is 2.46. The number of nitrogens with one attached hydrogen (secondary N) is 1. The summed E-state index contributed by atoms with van der Waals surface area (Å²) < 4.78 is 0. The Bertz CT molecular complexity index is 263. The van der Waals surface area contributed by atoms with Gasteiger partial charge >= 0.3 is 0 Å². The predicted molar refractivity (Wildman–Crippen MR) is 46.8 cm³/mol.